The highest BCUT2D eigenvalue weighted by molar-refractivity contribution is 6.30. The number of aromatic nitrogens is 3. The number of hydrogen-bond acceptors (Lipinski definition) is 6. The van der Waals surface area contributed by atoms with E-state index in [1.807, 2.05) is 0 Å². The van der Waals surface area contributed by atoms with Gasteiger partial charge in [0.1, 0.15) is 17.2 Å². The van der Waals surface area contributed by atoms with Crippen LogP contribution in [0, 0.1) is 11.6 Å². The molecule has 0 unspecified atom stereocenters. The number of benzene rings is 2. The first-order chi connectivity index (χ1) is 18.1. The summed E-state index contributed by atoms with van der Waals surface area (Å²) < 4.78 is 28.8. The molecule has 2 aromatic heterocycles. The molecule has 38 heavy (non-hydrogen) atoms. The van der Waals surface area contributed by atoms with Gasteiger partial charge in [0.05, 0.1) is 23.4 Å². The molecule has 2 heterocycles. The molecule has 194 valence electrons. The van der Waals surface area contributed by atoms with E-state index < -0.39 is 35.6 Å². The van der Waals surface area contributed by atoms with Crippen molar-refractivity contribution >= 4 is 34.8 Å². The van der Waals surface area contributed by atoms with Crippen LogP contribution in [0.3, 0.4) is 0 Å². The number of ketones is 1. The summed E-state index contributed by atoms with van der Waals surface area (Å²) in [5.74, 6) is -3.02. The summed E-state index contributed by atoms with van der Waals surface area (Å²) in [6.45, 7) is 1.41. The van der Waals surface area contributed by atoms with Crippen molar-refractivity contribution in [2.45, 2.75) is 32.0 Å². The molecule has 1 aliphatic rings. The molecule has 3 N–H and O–H groups in total. The Morgan fingerprint density at radius 2 is 1.89 bits per heavy atom. The molecule has 0 fully saturated rings. The Balaban J connectivity index is 1.41. The van der Waals surface area contributed by atoms with Crippen LogP contribution in [0.25, 0.3) is 5.65 Å². The Morgan fingerprint density at radius 1 is 1.11 bits per heavy atom. The minimum absolute atomic E-state index is 0.0255. The van der Waals surface area contributed by atoms with Gasteiger partial charge >= 0.3 is 0 Å². The fourth-order valence-electron chi connectivity index (χ4n) is 4.38. The second kappa shape index (κ2) is 9.92. The molecule has 0 saturated carbocycles. The van der Waals surface area contributed by atoms with Crippen molar-refractivity contribution in [1.82, 2.24) is 25.2 Å². The first-order valence-corrected chi connectivity index (χ1v) is 11.9. The predicted octanol–water partition coefficient (Wildman–Crippen LogP) is 3.18. The van der Waals surface area contributed by atoms with Crippen molar-refractivity contribution in [3.05, 3.63) is 99.0 Å². The van der Waals surface area contributed by atoms with Crippen LogP contribution in [0.1, 0.15) is 61.0 Å². The molecular weight excluding hydrogens is 520 g/mol. The van der Waals surface area contributed by atoms with Crippen LogP contribution in [-0.2, 0) is 13.0 Å². The van der Waals surface area contributed by atoms with Crippen molar-refractivity contribution in [1.29, 1.82) is 0 Å². The van der Waals surface area contributed by atoms with Gasteiger partial charge in [0, 0.05) is 24.6 Å². The van der Waals surface area contributed by atoms with Crippen molar-refractivity contribution < 1.29 is 28.3 Å². The number of Topliss-reactive ketones (excluding diaryl/α,β-unsaturated/α-hetero) is 1. The second-order valence-corrected chi connectivity index (χ2v) is 9.29. The van der Waals surface area contributed by atoms with E-state index in [-0.39, 0.29) is 40.8 Å². The van der Waals surface area contributed by atoms with E-state index >= 15 is 0 Å². The second-order valence-electron chi connectivity index (χ2n) is 8.88. The molecule has 0 saturated heterocycles. The summed E-state index contributed by atoms with van der Waals surface area (Å²) in [6, 6.07) is 9.27. The number of aliphatic hydroxyl groups is 1. The Morgan fingerprint density at radius 3 is 2.63 bits per heavy atom. The third-order valence-electron chi connectivity index (χ3n) is 6.32. The zero-order valence-electron chi connectivity index (χ0n) is 19.8. The van der Waals surface area contributed by atoms with Crippen LogP contribution in [0.15, 0.2) is 48.7 Å². The van der Waals surface area contributed by atoms with Crippen molar-refractivity contribution in [2.75, 3.05) is 0 Å². The highest BCUT2D eigenvalue weighted by Crippen LogP contribution is 2.32. The smallest absolute Gasteiger partial charge is 0.270 e. The van der Waals surface area contributed by atoms with E-state index in [9.17, 15) is 28.3 Å². The minimum atomic E-state index is -0.965. The van der Waals surface area contributed by atoms with Crippen LogP contribution in [0.5, 0.6) is 0 Å². The van der Waals surface area contributed by atoms with Gasteiger partial charge < -0.3 is 15.7 Å². The first-order valence-electron chi connectivity index (χ1n) is 11.5. The van der Waals surface area contributed by atoms with E-state index in [1.54, 1.807) is 18.2 Å². The molecule has 0 bridgehead atoms. The van der Waals surface area contributed by atoms with Gasteiger partial charge in [-0.3, -0.25) is 14.4 Å². The van der Waals surface area contributed by atoms with E-state index in [0.29, 0.717) is 16.7 Å². The lowest BCUT2D eigenvalue weighted by atomic mass is 10.0. The Bertz CT molecular complexity index is 1620. The standard InChI is InChI=1S/C26H20ClF2N5O4/c1-12(35)14-3-4-16-15(7-14)8-22(36)23(16)33-26(38)21-9-20(32-24-19(29)11-31-34(21)24)25(37)30-10-13-2-5-18(28)17(27)6-13/h2-7,9,11,22-23,36H,8,10H2,1H3,(H,30,37)(H,33,38)/t22-,23+/m0/s1. The number of fused-ring (bicyclic) bond motifs is 2. The topological polar surface area (TPSA) is 126 Å². The van der Waals surface area contributed by atoms with Gasteiger partial charge in [-0.2, -0.15) is 5.10 Å². The summed E-state index contributed by atoms with van der Waals surface area (Å²) in [5, 5.41) is 19.7. The average Bonchev–Trinajstić information content (AvgIpc) is 3.42. The SMILES string of the molecule is CC(=O)c1ccc2c(c1)C[C@H](O)[C@@H]2NC(=O)c1cc(C(=O)NCc2ccc(F)c(Cl)c2)nc2c(F)cnn12. The van der Waals surface area contributed by atoms with Gasteiger partial charge in [-0.1, -0.05) is 29.8 Å². The molecule has 0 spiro atoms. The van der Waals surface area contributed by atoms with Gasteiger partial charge in [-0.05, 0) is 41.8 Å². The van der Waals surface area contributed by atoms with Crippen LogP contribution in [0.2, 0.25) is 5.02 Å². The van der Waals surface area contributed by atoms with Gasteiger partial charge in [-0.25, -0.2) is 18.3 Å². The number of aliphatic hydroxyl groups excluding tert-OH is 1. The lowest BCUT2D eigenvalue weighted by molar-refractivity contribution is 0.0850. The lowest BCUT2D eigenvalue weighted by Gasteiger charge is -2.18. The predicted molar refractivity (Wildman–Crippen MR) is 132 cm³/mol. The summed E-state index contributed by atoms with van der Waals surface area (Å²) in [4.78, 5) is 41.8. The minimum Gasteiger partial charge on any atom is -0.390 e. The third kappa shape index (κ3) is 4.73. The van der Waals surface area contributed by atoms with Crippen molar-refractivity contribution in [2.24, 2.45) is 0 Å². The normalized spacial score (nSPS) is 16.3. The van der Waals surface area contributed by atoms with Gasteiger partial charge in [0.25, 0.3) is 11.8 Å². The fourth-order valence-corrected chi connectivity index (χ4v) is 4.58. The summed E-state index contributed by atoms with van der Waals surface area (Å²) in [5.41, 5.74) is 1.59. The van der Waals surface area contributed by atoms with Crippen molar-refractivity contribution in [3.8, 4) is 0 Å². The summed E-state index contributed by atoms with van der Waals surface area (Å²) in [6.07, 6.45) is 0.128. The zero-order chi connectivity index (χ0) is 27.1. The number of carbonyl (C=O) groups excluding carboxylic acids is 3. The molecule has 1 aliphatic carbocycles. The Hall–Kier alpha value is -4.22. The molecule has 2 aromatic carbocycles. The van der Waals surface area contributed by atoms with E-state index in [1.165, 1.54) is 19.1 Å². The van der Waals surface area contributed by atoms with Crippen LogP contribution >= 0.6 is 11.6 Å². The number of amides is 2. The zero-order valence-corrected chi connectivity index (χ0v) is 20.6. The van der Waals surface area contributed by atoms with Crippen molar-refractivity contribution in [3.63, 3.8) is 0 Å². The van der Waals surface area contributed by atoms with E-state index in [2.05, 4.69) is 20.7 Å². The average molecular weight is 540 g/mol. The molecule has 4 aromatic rings. The van der Waals surface area contributed by atoms with Crippen LogP contribution < -0.4 is 10.6 Å². The molecule has 0 aliphatic heterocycles. The monoisotopic (exact) mass is 539 g/mol. The molecular formula is C26H20ClF2N5O4. The third-order valence-corrected chi connectivity index (χ3v) is 6.61. The van der Waals surface area contributed by atoms with Crippen LogP contribution in [-0.4, -0.2) is 43.4 Å². The van der Waals surface area contributed by atoms with E-state index in [0.717, 1.165) is 28.4 Å². The maximum absolute atomic E-state index is 14.4. The first kappa shape index (κ1) is 25.4. The Kier molecular flexibility index (Phi) is 6.64. The fraction of sp³-hybridized carbons (Fsp3) is 0.192. The molecule has 2 atom stereocenters. The maximum atomic E-state index is 14.4. The summed E-state index contributed by atoms with van der Waals surface area (Å²) in [7, 11) is 0. The number of halogens is 3. The molecule has 9 nitrogen and oxygen atoms in total. The van der Waals surface area contributed by atoms with E-state index in [4.69, 9.17) is 11.6 Å². The highest BCUT2D eigenvalue weighted by atomic mass is 35.5. The lowest BCUT2D eigenvalue weighted by Crippen LogP contribution is -2.35. The highest BCUT2D eigenvalue weighted by Gasteiger charge is 2.33. The number of rotatable bonds is 6. The quantitative estimate of drug-likeness (QED) is 0.323. The number of nitrogens with one attached hydrogen (secondary N) is 2. The number of nitrogens with zero attached hydrogens (tertiary/aromatic N) is 3. The molecule has 0 radical (unpaired) electrons. The molecule has 2 amide bonds. The summed E-state index contributed by atoms with van der Waals surface area (Å²) >= 11 is 5.78. The van der Waals surface area contributed by atoms with Gasteiger partial charge in [-0.15, -0.1) is 0 Å². The van der Waals surface area contributed by atoms with Gasteiger partial charge in [0.2, 0.25) is 0 Å². The molecule has 12 heteroatoms. The molecule has 5 rings (SSSR count). The van der Waals surface area contributed by atoms with Crippen LogP contribution in [0.4, 0.5) is 8.78 Å². The number of carbonyl (C=O) groups is 3. The largest absolute Gasteiger partial charge is 0.390 e. The van der Waals surface area contributed by atoms with Gasteiger partial charge in [0.15, 0.2) is 17.2 Å². The number of hydrogen-bond donors (Lipinski definition) is 3. The maximum Gasteiger partial charge on any atom is 0.270 e. The Labute approximate surface area is 219 Å².